The lowest BCUT2D eigenvalue weighted by molar-refractivity contribution is -0.107. The molecular weight excluding hydrogens is 112 g/mol. The molecule has 0 aliphatic rings. The van der Waals surface area contributed by atoms with Crippen LogP contribution in [0.1, 0.15) is 32.6 Å². The zero-order valence-electron chi connectivity index (χ0n) is 5.97. The van der Waals surface area contributed by atoms with Crippen molar-refractivity contribution in [3.05, 3.63) is 12.2 Å². The van der Waals surface area contributed by atoms with E-state index >= 15 is 0 Å². The molecule has 0 saturated heterocycles. The molecule has 0 N–H and O–H groups in total. The molecule has 0 spiro atoms. The van der Waals surface area contributed by atoms with Gasteiger partial charge in [0.2, 0.25) is 0 Å². The molecule has 0 rings (SSSR count). The molecule has 0 atom stereocenters. The van der Waals surface area contributed by atoms with E-state index in [1.54, 1.807) is 0 Å². The first-order chi connectivity index (χ1) is 4.41. The van der Waals surface area contributed by atoms with Crippen molar-refractivity contribution in [3.63, 3.8) is 0 Å². The highest BCUT2D eigenvalue weighted by atomic mass is 16.1. The second-order valence-corrected chi connectivity index (χ2v) is 2.00. The molecule has 0 aromatic rings. The van der Waals surface area contributed by atoms with Crippen LogP contribution in [-0.4, -0.2) is 6.29 Å². The molecule has 0 aliphatic heterocycles. The van der Waals surface area contributed by atoms with Gasteiger partial charge in [-0.25, -0.2) is 0 Å². The van der Waals surface area contributed by atoms with Crippen LogP contribution in [-0.2, 0) is 4.79 Å². The first-order valence-corrected chi connectivity index (χ1v) is 3.50. The number of carbonyl (C=O) groups excluding carboxylic acids is 1. The van der Waals surface area contributed by atoms with Crippen molar-refractivity contribution in [2.24, 2.45) is 0 Å². The summed E-state index contributed by atoms with van der Waals surface area (Å²) in [6, 6.07) is 0. The van der Waals surface area contributed by atoms with E-state index in [1.807, 2.05) is 0 Å². The van der Waals surface area contributed by atoms with Crippen molar-refractivity contribution < 1.29 is 4.79 Å². The molecule has 0 amide bonds. The Morgan fingerprint density at radius 1 is 1.11 bits per heavy atom. The molecule has 0 radical (unpaired) electrons. The quantitative estimate of drug-likeness (QED) is 0.314. The van der Waals surface area contributed by atoms with Gasteiger partial charge in [-0.15, -0.1) is 0 Å². The van der Waals surface area contributed by atoms with E-state index in [2.05, 4.69) is 19.1 Å². The number of hydrogen-bond acceptors (Lipinski definition) is 1. The van der Waals surface area contributed by atoms with Gasteiger partial charge in [-0.3, -0.25) is 0 Å². The summed E-state index contributed by atoms with van der Waals surface area (Å²) in [7, 11) is 0. The van der Waals surface area contributed by atoms with Crippen LogP contribution in [0.25, 0.3) is 0 Å². The number of aldehydes is 1. The van der Waals surface area contributed by atoms with Crippen LogP contribution in [0.2, 0.25) is 0 Å². The summed E-state index contributed by atoms with van der Waals surface area (Å²) in [5.74, 6) is 0. The van der Waals surface area contributed by atoms with E-state index in [-0.39, 0.29) is 0 Å². The minimum absolute atomic E-state index is 0.667. The Morgan fingerprint density at radius 3 is 2.33 bits per heavy atom. The molecule has 0 aliphatic carbocycles. The number of hydrogen-bond donors (Lipinski definition) is 0. The van der Waals surface area contributed by atoms with Crippen LogP contribution in [0.4, 0.5) is 0 Å². The van der Waals surface area contributed by atoms with Crippen LogP contribution >= 0.6 is 0 Å². The molecule has 0 heterocycles. The summed E-state index contributed by atoms with van der Waals surface area (Å²) in [6.07, 6.45) is 9.05. The molecule has 0 saturated carbocycles. The number of unbranched alkanes of at least 4 members (excludes halogenated alkanes) is 2. The predicted molar refractivity (Wildman–Crippen MR) is 39.3 cm³/mol. The summed E-state index contributed by atoms with van der Waals surface area (Å²) in [4.78, 5) is 9.80. The predicted octanol–water partition coefficient (Wildman–Crippen LogP) is 2.32. The van der Waals surface area contributed by atoms with Crippen LogP contribution in [0.5, 0.6) is 0 Å². The Morgan fingerprint density at radius 2 is 1.78 bits per heavy atom. The second kappa shape index (κ2) is 7.41. The van der Waals surface area contributed by atoms with E-state index in [0.29, 0.717) is 6.42 Å². The first-order valence-electron chi connectivity index (χ1n) is 3.50. The fraction of sp³-hybridized carbons (Fsp3) is 0.625. The smallest absolute Gasteiger partial charge is 0.120 e. The minimum atomic E-state index is 0.667. The number of rotatable bonds is 5. The fourth-order valence-electron chi connectivity index (χ4n) is 0.567. The lowest BCUT2D eigenvalue weighted by atomic mass is 10.2. The van der Waals surface area contributed by atoms with Gasteiger partial charge in [0.15, 0.2) is 0 Å². The maximum atomic E-state index is 9.80. The van der Waals surface area contributed by atoms with Gasteiger partial charge in [0.05, 0.1) is 0 Å². The van der Waals surface area contributed by atoms with Crippen LogP contribution < -0.4 is 0 Å². The van der Waals surface area contributed by atoms with Crippen molar-refractivity contribution in [3.8, 4) is 0 Å². The topological polar surface area (TPSA) is 17.1 Å². The summed E-state index contributed by atoms with van der Waals surface area (Å²) in [5, 5.41) is 0. The van der Waals surface area contributed by atoms with Gasteiger partial charge >= 0.3 is 0 Å². The molecule has 0 unspecified atom stereocenters. The van der Waals surface area contributed by atoms with Gasteiger partial charge in [0.25, 0.3) is 0 Å². The first kappa shape index (κ1) is 8.41. The monoisotopic (exact) mass is 126 g/mol. The maximum Gasteiger partial charge on any atom is 0.120 e. The largest absolute Gasteiger partial charge is 0.303 e. The Labute approximate surface area is 56.8 Å². The fourth-order valence-corrected chi connectivity index (χ4v) is 0.567. The van der Waals surface area contributed by atoms with E-state index in [4.69, 9.17) is 0 Å². The minimum Gasteiger partial charge on any atom is -0.303 e. The molecule has 9 heavy (non-hydrogen) atoms. The summed E-state index contributed by atoms with van der Waals surface area (Å²) in [5.41, 5.74) is 0. The normalized spacial score (nSPS) is 10.3. The lowest BCUT2D eigenvalue weighted by Gasteiger charge is -1.83. The molecule has 1 nitrogen and oxygen atoms in total. The highest BCUT2D eigenvalue weighted by Gasteiger charge is 1.76. The van der Waals surface area contributed by atoms with Gasteiger partial charge in [0, 0.05) is 6.42 Å². The standard InChI is InChI=1S/C8H14O/c1-2-3-4-5-6-7-8-9/h4-5,8H,2-3,6-7H2,1H3/b5-4+. The Hall–Kier alpha value is -0.590. The average molecular weight is 126 g/mol. The highest BCUT2D eigenvalue weighted by Crippen LogP contribution is 1.92. The van der Waals surface area contributed by atoms with Crippen molar-refractivity contribution in [2.45, 2.75) is 32.6 Å². The van der Waals surface area contributed by atoms with Crippen molar-refractivity contribution >= 4 is 6.29 Å². The highest BCUT2D eigenvalue weighted by molar-refractivity contribution is 5.49. The third kappa shape index (κ3) is 7.41. The molecule has 1 heteroatoms. The van der Waals surface area contributed by atoms with Gasteiger partial charge < -0.3 is 4.79 Å². The zero-order chi connectivity index (χ0) is 6.95. The molecular formula is C8H14O. The summed E-state index contributed by atoms with van der Waals surface area (Å²) in [6.45, 7) is 2.14. The van der Waals surface area contributed by atoms with Crippen LogP contribution in [0, 0.1) is 0 Å². The maximum absolute atomic E-state index is 9.80. The van der Waals surface area contributed by atoms with Gasteiger partial charge in [0.1, 0.15) is 6.29 Å². The third-order valence-electron chi connectivity index (χ3n) is 1.07. The molecule has 52 valence electrons. The number of carbonyl (C=O) groups is 1. The van der Waals surface area contributed by atoms with Crippen molar-refractivity contribution in [1.82, 2.24) is 0 Å². The van der Waals surface area contributed by atoms with Crippen molar-refractivity contribution in [1.29, 1.82) is 0 Å². The Bertz CT molecular complexity index is 84.6. The van der Waals surface area contributed by atoms with E-state index in [0.717, 1.165) is 19.1 Å². The zero-order valence-corrected chi connectivity index (χ0v) is 5.97. The summed E-state index contributed by atoms with van der Waals surface area (Å²) >= 11 is 0. The summed E-state index contributed by atoms with van der Waals surface area (Å²) < 4.78 is 0. The Balaban J connectivity index is 2.94. The van der Waals surface area contributed by atoms with E-state index in [9.17, 15) is 4.79 Å². The molecule has 0 aromatic carbocycles. The second-order valence-electron chi connectivity index (χ2n) is 2.00. The molecule has 0 aromatic heterocycles. The van der Waals surface area contributed by atoms with Crippen LogP contribution in [0.15, 0.2) is 12.2 Å². The average Bonchev–Trinajstić information content (AvgIpc) is 1.89. The molecule has 0 fully saturated rings. The van der Waals surface area contributed by atoms with E-state index in [1.165, 1.54) is 6.42 Å². The number of allylic oxidation sites excluding steroid dienone is 2. The van der Waals surface area contributed by atoms with Gasteiger partial charge in [-0.2, -0.15) is 0 Å². The Kier molecular flexibility index (Phi) is 6.92. The van der Waals surface area contributed by atoms with Gasteiger partial charge in [-0.1, -0.05) is 25.5 Å². The SMILES string of the molecule is CCC/C=C/CCC=O. The van der Waals surface area contributed by atoms with Gasteiger partial charge in [-0.05, 0) is 12.8 Å². The van der Waals surface area contributed by atoms with E-state index < -0.39 is 0 Å². The third-order valence-corrected chi connectivity index (χ3v) is 1.07. The van der Waals surface area contributed by atoms with Crippen LogP contribution in [0.3, 0.4) is 0 Å². The lowest BCUT2D eigenvalue weighted by Crippen LogP contribution is -1.70. The molecule has 0 bridgehead atoms. The van der Waals surface area contributed by atoms with Crippen molar-refractivity contribution in [2.75, 3.05) is 0 Å².